The first-order chi connectivity index (χ1) is 6.56. The predicted octanol–water partition coefficient (Wildman–Crippen LogP) is 2.95. The first-order valence-corrected chi connectivity index (χ1v) is 5.64. The van der Waals surface area contributed by atoms with Crippen LogP contribution in [0.1, 0.15) is 52.4 Å². The number of Topliss-reactive ketones (excluding diaryl/α,β-unsaturated/α-hetero) is 1. The summed E-state index contributed by atoms with van der Waals surface area (Å²) in [4.78, 5) is 11.8. The van der Waals surface area contributed by atoms with E-state index in [9.17, 15) is 4.79 Å². The van der Waals surface area contributed by atoms with E-state index in [2.05, 4.69) is 0 Å². The van der Waals surface area contributed by atoms with E-state index in [1.807, 2.05) is 13.8 Å². The molecule has 0 radical (unpaired) electrons. The molecule has 0 amide bonds. The predicted molar refractivity (Wildman–Crippen MR) is 57.3 cm³/mol. The number of carbonyl (C=O) groups excluding carboxylic acids is 1. The molecule has 1 aliphatic carbocycles. The van der Waals surface area contributed by atoms with Gasteiger partial charge in [0.2, 0.25) is 0 Å². The highest BCUT2D eigenvalue weighted by Crippen LogP contribution is 2.28. The third-order valence-electron chi connectivity index (χ3n) is 3.38. The Morgan fingerprint density at radius 1 is 1.29 bits per heavy atom. The number of hydrogen-bond acceptors (Lipinski definition) is 2. The molecule has 1 aliphatic rings. The van der Waals surface area contributed by atoms with Crippen LogP contribution in [0.3, 0.4) is 0 Å². The molecule has 1 fully saturated rings. The summed E-state index contributed by atoms with van der Waals surface area (Å²) >= 11 is 0. The zero-order valence-corrected chi connectivity index (χ0v) is 9.64. The molecule has 0 aromatic rings. The number of ketones is 1. The molecule has 1 rings (SSSR count). The van der Waals surface area contributed by atoms with Crippen LogP contribution in [0.25, 0.3) is 0 Å². The van der Waals surface area contributed by atoms with Crippen LogP contribution in [0.5, 0.6) is 0 Å². The van der Waals surface area contributed by atoms with Gasteiger partial charge in [-0.2, -0.15) is 0 Å². The van der Waals surface area contributed by atoms with Crippen LogP contribution in [0, 0.1) is 5.92 Å². The quantitative estimate of drug-likeness (QED) is 0.694. The van der Waals surface area contributed by atoms with Crippen molar-refractivity contribution in [1.82, 2.24) is 0 Å². The van der Waals surface area contributed by atoms with Crippen molar-refractivity contribution in [3.63, 3.8) is 0 Å². The fourth-order valence-corrected chi connectivity index (χ4v) is 2.01. The first kappa shape index (κ1) is 11.7. The molecule has 2 heteroatoms. The van der Waals surface area contributed by atoms with Crippen LogP contribution in [-0.2, 0) is 9.53 Å². The Bertz CT molecular complexity index is 190. The first-order valence-electron chi connectivity index (χ1n) is 5.64. The molecular weight excluding hydrogens is 176 g/mol. The van der Waals surface area contributed by atoms with Crippen LogP contribution in [-0.4, -0.2) is 18.5 Å². The molecule has 1 saturated carbocycles. The zero-order valence-electron chi connectivity index (χ0n) is 9.64. The molecule has 0 heterocycles. The zero-order chi connectivity index (χ0) is 10.6. The average Bonchev–Trinajstić information content (AvgIpc) is 2.19. The molecule has 0 saturated heterocycles. The van der Waals surface area contributed by atoms with Gasteiger partial charge in [-0.3, -0.25) is 4.79 Å². The lowest BCUT2D eigenvalue weighted by atomic mass is 9.83. The highest BCUT2D eigenvalue weighted by atomic mass is 16.5. The number of rotatable bonds is 4. The van der Waals surface area contributed by atoms with Gasteiger partial charge in [-0.05, 0) is 19.8 Å². The Hall–Kier alpha value is -0.370. The standard InChI is InChI=1S/C12H22O2/c1-12(2,14-3)11(13)9-10-7-5-4-6-8-10/h10H,4-9H2,1-3H3. The molecule has 0 N–H and O–H groups in total. The van der Waals surface area contributed by atoms with Gasteiger partial charge in [0.1, 0.15) is 5.60 Å². The molecule has 0 aromatic carbocycles. The van der Waals surface area contributed by atoms with Crippen molar-refractivity contribution in [1.29, 1.82) is 0 Å². The fraction of sp³-hybridized carbons (Fsp3) is 0.917. The third kappa shape index (κ3) is 3.09. The molecule has 0 aliphatic heterocycles. The van der Waals surface area contributed by atoms with Gasteiger partial charge in [-0.25, -0.2) is 0 Å². The number of methoxy groups -OCH3 is 1. The van der Waals surface area contributed by atoms with Gasteiger partial charge in [0.15, 0.2) is 5.78 Å². The molecule has 0 aromatic heterocycles. The van der Waals surface area contributed by atoms with Crippen molar-refractivity contribution in [2.24, 2.45) is 5.92 Å². The number of ether oxygens (including phenoxy) is 1. The van der Waals surface area contributed by atoms with E-state index in [1.54, 1.807) is 7.11 Å². The van der Waals surface area contributed by atoms with E-state index >= 15 is 0 Å². The minimum atomic E-state index is -0.586. The number of carbonyl (C=O) groups is 1. The molecule has 0 unspecified atom stereocenters. The minimum Gasteiger partial charge on any atom is -0.371 e. The highest BCUT2D eigenvalue weighted by Gasteiger charge is 2.29. The molecule has 0 spiro atoms. The van der Waals surface area contributed by atoms with Gasteiger partial charge in [-0.1, -0.05) is 32.1 Å². The molecule has 2 nitrogen and oxygen atoms in total. The molecule has 14 heavy (non-hydrogen) atoms. The topological polar surface area (TPSA) is 26.3 Å². The van der Waals surface area contributed by atoms with Gasteiger partial charge >= 0.3 is 0 Å². The maximum absolute atomic E-state index is 11.8. The van der Waals surface area contributed by atoms with Crippen molar-refractivity contribution >= 4 is 5.78 Å². The van der Waals surface area contributed by atoms with Crippen molar-refractivity contribution in [2.45, 2.75) is 58.0 Å². The highest BCUT2D eigenvalue weighted by molar-refractivity contribution is 5.86. The lowest BCUT2D eigenvalue weighted by Crippen LogP contribution is -2.35. The van der Waals surface area contributed by atoms with Crippen molar-refractivity contribution in [3.8, 4) is 0 Å². The van der Waals surface area contributed by atoms with Crippen molar-refractivity contribution in [2.75, 3.05) is 7.11 Å². The maximum Gasteiger partial charge on any atom is 0.164 e. The molecular formula is C12H22O2. The van der Waals surface area contributed by atoms with E-state index < -0.39 is 5.60 Å². The monoisotopic (exact) mass is 198 g/mol. The van der Waals surface area contributed by atoms with Gasteiger partial charge in [0.05, 0.1) is 0 Å². The molecule has 0 bridgehead atoms. The summed E-state index contributed by atoms with van der Waals surface area (Å²) in [6.45, 7) is 3.72. The van der Waals surface area contributed by atoms with E-state index in [0.717, 1.165) is 0 Å². The third-order valence-corrected chi connectivity index (χ3v) is 3.38. The Morgan fingerprint density at radius 3 is 2.36 bits per heavy atom. The Kier molecular flexibility index (Phi) is 4.11. The lowest BCUT2D eigenvalue weighted by Gasteiger charge is -2.26. The number of hydrogen-bond donors (Lipinski definition) is 0. The summed E-state index contributed by atoms with van der Waals surface area (Å²) < 4.78 is 5.19. The molecule has 0 atom stereocenters. The lowest BCUT2D eigenvalue weighted by molar-refractivity contribution is -0.138. The fourth-order valence-electron chi connectivity index (χ4n) is 2.01. The van der Waals surface area contributed by atoms with E-state index in [4.69, 9.17) is 4.74 Å². The second kappa shape index (κ2) is 4.92. The van der Waals surface area contributed by atoms with Crippen molar-refractivity contribution < 1.29 is 9.53 Å². The summed E-state index contributed by atoms with van der Waals surface area (Å²) in [5.74, 6) is 0.873. The Labute approximate surface area is 87.0 Å². The second-order valence-electron chi connectivity index (χ2n) is 4.85. The van der Waals surface area contributed by atoms with Gasteiger partial charge in [-0.15, -0.1) is 0 Å². The Morgan fingerprint density at radius 2 is 1.86 bits per heavy atom. The Balaban J connectivity index is 2.39. The summed E-state index contributed by atoms with van der Waals surface area (Å²) in [6, 6.07) is 0. The smallest absolute Gasteiger partial charge is 0.164 e. The van der Waals surface area contributed by atoms with Crippen LogP contribution < -0.4 is 0 Å². The largest absolute Gasteiger partial charge is 0.371 e. The SMILES string of the molecule is COC(C)(C)C(=O)CC1CCCCC1. The van der Waals surface area contributed by atoms with E-state index in [0.29, 0.717) is 12.3 Å². The summed E-state index contributed by atoms with van der Waals surface area (Å²) in [6.07, 6.45) is 7.10. The van der Waals surface area contributed by atoms with Crippen LogP contribution in [0.4, 0.5) is 0 Å². The summed E-state index contributed by atoms with van der Waals surface area (Å²) in [7, 11) is 1.61. The van der Waals surface area contributed by atoms with Gasteiger partial charge in [0, 0.05) is 13.5 Å². The molecule has 82 valence electrons. The minimum absolute atomic E-state index is 0.256. The van der Waals surface area contributed by atoms with Gasteiger partial charge < -0.3 is 4.74 Å². The average molecular weight is 198 g/mol. The van der Waals surface area contributed by atoms with E-state index in [1.165, 1.54) is 32.1 Å². The second-order valence-corrected chi connectivity index (χ2v) is 4.85. The van der Waals surface area contributed by atoms with Crippen LogP contribution in [0.2, 0.25) is 0 Å². The van der Waals surface area contributed by atoms with E-state index in [-0.39, 0.29) is 5.78 Å². The van der Waals surface area contributed by atoms with Crippen LogP contribution >= 0.6 is 0 Å². The normalized spacial score (nSPS) is 19.6. The summed E-state index contributed by atoms with van der Waals surface area (Å²) in [5, 5.41) is 0. The van der Waals surface area contributed by atoms with Crippen molar-refractivity contribution in [3.05, 3.63) is 0 Å². The summed E-state index contributed by atoms with van der Waals surface area (Å²) in [5.41, 5.74) is -0.586. The van der Waals surface area contributed by atoms with Crippen LogP contribution in [0.15, 0.2) is 0 Å². The maximum atomic E-state index is 11.8. The van der Waals surface area contributed by atoms with Gasteiger partial charge in [0.25, 0.3) is 0 Å².